The van der Waals surface area contributed by atoms with E-state index in [4.69, 9.17) is 9.97 Å². The van der Waals surface area contributed by atoms with Crippen molar-refractivity contribution in [3.8, 4) is 11.1 Å². The standard InChI is InChI=1S/C28H37N5OS/c1-3-32(4-2)16-8-15-29-27(34)22-13-17-33(18-14-22)26-24-23(20-9-6-5-7-10-20)19-35-28(24)31-25(30-26)21-11-12-21/h5-7,9-10,19,21-22H,3-4,8,11-18H2,1-2H3,(H,29,34). The summed E-state index contributed by atoms with van der Waals surface area (Å²) in [5.74, 6) is 2.89. The molecule has 0 radical (unpaired) electrons. The van der Waals surface area contributed by atoms with E-state index in [1.807, 2.05) is 0 Å². The van der Waals surface area contributed by atoms with Crippen LogP contribution in [0.15, 0.2) is 35.7 Å². The number of anilines is 1. The first kappa shape index (κ1) is 24.2. The molecule has 1 amide bonds. The minimum atomic E-state index is 0.0935. The number of hydrogen-bond acceptors (Lipinski definition) is 6. The predicted molar refractivity (Wildman–Crippen MR) is 145 cm³/mol. The lowest BCUT2D eigenvalue weighted by molar-refractivity contribution is -0.125. The summed E-state index contributed by atoms with van der Waals surface area (Å²) in [6.07, 6.45) is 5.14. The van der Waals surface area contributed by atoms with Gasteiger partial charge >= 0.3 is 0 Å². The molecule has 1 aliphatic heterocycles. The van der Waals surface area contributed by atoms with Gasteiger partial charge in [0.15, 0.2) is 0 Å². The molecule has 1 saturated heterocycles. The van der Waals surface area contributed by atoms with E-state index in [2.05, 4.69) is 64.7 Å². The highest BCUT2D eigenvalue weighted by atomic mass is 32.1. The van der Waals surface area contributed by atoms with Crippen molar-refractivity contribution in [2.24, 2.45) is 5.92 Å². The van der Waals surface area contributed by atoms with Crippen LogP contribution < -0.4 is 10.2 Å². The number of carbonyl (C=O) groups is 1. The molecule has 3 aromatic rings. The monoisotopic (exact) mass is 491 g/mol. The van der Waals surface area contributed by atoms with E-state index >= 15 is 0 Å². The fourth-order valence-electron chi connectivity index (χ4n) is 5.07. The second-order valence-electron chi connectivity index (χ2n) is 9.81. The Morgan fingerprint density at radius 3 is 2.51 bits per heavy atom. The molecule has 0 spiro atoms. The first-order valence-corrected chi connectivity index (χ1v) is 14.2. The van der Waals surface area contributed by atoms with E-state index in [0.717, 1.165) is 75.0 Å². The molecule has 35 heavy (non-hydrogen) atoms. The lowest BCUT2D eigenvalue weighted by Gasteiger charge is -2.33. The molecular weight excluding hydrogens is 454 g/mol. The summed E-state index contributed by atoms with van der Waals surface area (Å²) in [6, 6.07) is 10.6. The molecule has 186 valence electrons. The van der Waals surface area contributed by atoms with Gasteiger partial charge in [0, 0.05) is 42.4 Å². The van der Waals surface area contributed by atoms with Gasteiger partial charge in [-0.15, -0.1) is 11.3 Å². The van der Waals surface area contributed by atoms with E-state index < -0.39 is 0 Å². The Labute approximate surface area is 212 Å². The average molecular weight is 492 g/mol. The summed E-state index contributed by atoms with van der Waals surface area (Å²) in [6.45, 7) is 10.0. The summed E-state index contributed by atoms with van der Waals surface area (Å²) in [4.78, 5) is 28.8. The molecule has 2 fully saturated rings. The third-order valence-electron chi connectivity index (χ3n) is 7.47. The van der Waals surface area contributed by atoms with Crippen molar-refractivity contribution >= 4 is 33.3 Å². The number of amides is 1. The van der Waals surface area contributed by atoms with Crippen LogP contribution in [0.1, 0.15) is 57.7 Å². The molecule has 2 aromatic heterocycles. The van der Waals surface area contributed by atoms with E-state index in [-0.39, 0.29) is 11.8 Å². The summed E-state index contributed by atoms with van der Waals surface area (Å²) in [5.41, 5.74) is 2.43. The lowest BCUT2D eigenvalue weighted by atomic mass is 9.95. The largest absolute Gasteiger partial charge is 0.356 e. The van der Waals surface area contributed by atoms with Gasteiger partial charge in [-0.1, -0.05) is 44.2 Å². The Morgan fingerprint density at radius 2 is 1.83 bits per heavy atom. The van der Waals surface area contributed by atoms with E-state index in [1.54, 1.807) is 11.3 Å². The van der Waals surface area contributed by atoms with Gasteiger partial charge in [0.2, 0.25) is 5.91 Å². The quantitative estimate of drug-likeness (QED) is 0.390. The van der Waals surface area contributed by atoms with Gasteiger partial charge in [-0.3, -0.25) is 4.79 Å². The summed E-state index contributed by atoms with van der Waals surface area (Å²) >= 11 is 1.72. The van der Waals surface area contributed by atoms with Gasteiger partial charge in [-0.25, -0.2) is 9.97 Å². The van der Waals surface area contributed by atoms with Crippen molar-refractivity contribution < 1.29 is 4.79 Å². The zero-order chi connectivity index (χ0) is 24.2. The molecular formula is C28H37N5OS. The minimum absolute atomic E-state index is 0.0935. The Balaban J connectivity index is 1.28. The Morgan fingerprint density at radius 1 is 1.09 bits per heavy atom. The van der Waals surface area contributed by atoms with Crippen LogP contribution >= 0.6 is 11.3 Å². The van der Waals surface area contributed by atoms with Gasteiger partial charge in [-0.2, -0.15) is 0 Å². The molecule has 0 atom stereocenters. The normalized spacial score (nSPS) is 16.8. The molecule has 1 aliphatic carbocycles. The third-order valence-corrected chi connectivity index (χ3v) is 8.34. The highest BCUT2D eigenvalue weighted by Crippen LogP contribution is 2.44. The van der Waals surface area contributed by atoms with Gasteiger partial charge in [0.05, 0.1) is 5.39 Å². The number of nitrogens with zero attached hydrogens (tertiary/aromatic N) is 4. The van der Waals surface area contributed by atoms with Crippen molar-refractivity contribution in [1.82, 2.24) is 20.2 Å². The molecule has 2 aliphatic rings. The van der Waals surface area contributed by atoms with E-state index in [9.17, 15) is 4.79 Å². The van der Waals surface area contributed by atoms with Gasteiger partial charge < -0.3 is 15.1 Å². The highest BCUT2D eigenvalue weighted by Gasteiger charge is 2.31. The number of nitrogens with one attached hydrogen (secondary N) is 1. The summed E-state index contributed by atoms with van der Waals surface area (Å²) < 4.78 is 0. The second kappa shape index (κ2) is 11.0. The van der Waals surface area contributed by atoms with Crippen molar-refractivity contribution in [3.63, 3.8) is 0 Å². The van der Waals surface area contributed by atoms with Crippen molar-refractivity contribution in [1.29, 1.82) is 0 Å². The zero-order valence-electron chi connectivity index (χ0n) is 21.0. The third kappa shape index (κ3) is 5.51. The fraction of sp³-hybridized carbons (Fsp3) is 0.536. The van der Waals surface area contributed by atoms with Crippen LogP contribution in [-0.4, -0.2) is 60.0 Å². The highest BCUT2D eigenvalue weighted by molar-refractivity contribution is 7.17. The molecule has 1 N–H and O–H groups in total. The summed E-state index contributed by atoms with van der Waals surface area (Å²) in [7, 11) is 0. The fourth-order valence-corrected chi connectivity index (χ4v) is 6.02. The topological polar surface area (TPSA) is 61.4 Å². The van der Waals surface area contributed by atoms with Crippen molar-refractivity contribution in [2.75, 3.05) is 44.2 Å². The number of rotatable bonds is 10. The maximum absolute atomic E-state index is 12.8. The van der Waals surface area contributed by atoms with E-state index in [1.165, 1.54) is 29.4 Å². The zero-order valence-corrected chi connectivity index (χ0v) is 21.8. The van der Waals surface area contributed by atoms with Gasteiger partial charge in [0.25, 0.3) is 0 Å². The van der Waals surface area contributed by atoms with Gasteiger partial charge in [0.1, 0.15) is 16.5 Å². The number of benzene rings is 1. The molecule has 1 saturated carbocycles. The van der Waals surface area contributed by atoms with Gasteiger partial charge in [-0.05, 0) is 57.3 Å². The van der Waals surface area contributed by atoms with Crippen LogP contribution in [0.5, 0.6) is 0 Å². The maximum atomic E-state index is 12.8. The Kier molecular flexibility index (Phi) is 7.63. The van der Waals surface area contributed by atoms with Crippen LogP contribution in [0, 0.1) is 5.92 Å². The number of hydrogen-bond donors (Lipinski definition) is 1. The average Bonchev–Trinajstić information content (AvgIpc) is 3.67. The second-order valence-corrected chi connectivity index (χ2v) is 10.7. The molecule has 0 unspecified atom stereocenters. The maximum Gasteiger partial charge on any atom is 0.223 e. The first-order valence-electron chi connectivity index (χ1n) is 13.3. The predicted octanol–water partition coefficient (Wildman–Crippen LogP) is 5.30. The van der Waals surface area contributed by atoms with Crippen LogP contribution in [0.25, 0.3) is 21.3 Å². The Hall–Kier alpha value is -2.51. The molecule has 7 heteroatoms. The molecule has 3 heterocycles. The summed E-state index contributed by atoms with van der Waals surface area (Å²) in [5, 5.41) is 6.59. The van der Waals surface area contributed by atoms with Crippen LogP contribution in [0.4, 0.5) is 5.82 Å². The van der Waals surface area contributed by atoms with E-state index in [0.29, 0.717) is 5.92 Å². The molecule has 1 aromatic carbocycles. The van der Waals surface area contributed by atoms with Crippen LogP contribution in [0.2, 0.25) is 0 Å². The lowest BCUT2D eigenvalue weighted by Crippen LogP contribution is -2.41. The SMILES string of the molecule is CCN(CC)CCCNC(=O)C1CCN(c2nc(C3CC3)nc3scc(-c4ccccc4)c23)CC1. The van der Waals surface area contributed by atoms with Crippen molar-refractivity contribution in [3.05, 3.63) is 41.5 Å². The van der Waals surface area contributed by atoms with Crippen LogP contribution in [-0.2, 0) is 4.79 Å². The number of fused-ring (bicyclic) bond motifs is 1. The number of aromatic nitrogens is 2. The minimum Gasteiger partial charge on any atom is -0.356 e. The molecule has 6 nitrogen and oxygen atoms in total. The Bertz CT molecular complexity index is 1130. The first-order chi connectivity index (χ1) is 17.2. The number of thiophene rings is 1. The number of piperidine rings is 1. The molecule has 0 bridgehead atoms. The molecule has 5 rings (SSSR count). The number of carbonyl (C=O) groups excluding carboxylic acids is 1. The smallest absolute Gasteiger partial charge is 0.223 e. The van der Waals surface area contributed by atoms with Crippen molar-refractivity contribution in [2.45, 2.75) is 51.9 Å². The van der Waals surface area contributed by atoms with Crippen LogP contribution in [0.3, 0.4) is 0 Å².